The molecule has 7 rings (SSSR count). The highest BCUT2D eigenvalue weighted by molar-refractivity contribution is 7.99. The largest absolute Gasteiger partial charge is 0.342 e. The van der Waals surface area contributed by atoms with E-state index in [9.17, 15) is 0 Å². The van der Waals surface area contributed by atoms with Gasteiger partial charge in [0.15, 0.2) is 5.65 Å². The summed E-state index contributed by atoms with van der Waals surface area (Å²) in [5.41, 5.74) is 12.6. The van der Waals surface area contributed by atoms with E-state index < -0.39 is 0 Å². The van der Waals surface area contributed by atoms with Gasteiger partial charge in [-0.15, -0.1) is 0 Å². The molecule has 37 heavy (non-hydrogen) atoms. The number of hydrogen-bond donors (Lipinski definition) is 1. The van der Waals surface area contributed by atoms with Gasteiger partial charge in [-0.25, -0.2) is 9.97 Å². The van der Waals surface area contributed by atoms with Crippen LogP contribution in [0, 0.1) is 18.3 Å². The summed E-state index contributed by atoms with van der Waals surface area (Å²) in [6.07, 6.45) is 12.5. The Morgan fingerprint density at radius 1 is 1.11 bits per heavy atom. The monoisotopic (exact) mass is 530 g/mol. The van der Waals surface area contributed by atoms with Gasteiger partial charge in [0.1, 0.15) is 0 Å². The first-order valence-electron chi connectivity index (χ1n) is 13.3. The lowest BCUT2D eigenvalue weighted by Crippen LogP contribution is -2.45. The highest BCUT2D eigenvalue weighted by Crippen LogP contribution is 2.51. The van der Waals surface area contributed by atoms with Crippen LogP contribution in [0.4, 0.5) is 5.95 Å². The maximum absolute atomic E-state index is 6.82. The molecular weight excluding hydrogens is 500 g/mol. The fourth-order valence-electron chi connectivity index (χ4n) is 6.24. The van der Waals surface area contributed by atoms with Gasteiger partial charge in [0.05, 0.1) is 21.3 Å². The van der Waals surface area contributed by atoms with Crippen molar-refractivity contribution in [2.75, 3.05) is 18.0 Å². The second-order valence-electron chi connectivity index (χ2n) is 11.0. The topological polar surface area (TPSA) is 72.3 Å². The van der Waals surface area contributed by atoms with Gasteiger partial charge in [-0.3, -0.25) is 9.38 Å². The lowest BCUT2D eigenvalue weighted by Gasteiger charge is -2.42. The Hall–Kier alpha value is -2.61. The van der Waals surface area contributed by atoms with Crippen molar-refractivity contribution >= 4 is 35.0 Å². The molecule has 8 heteroatoms. The van der Waals surface area contributed by atoms with E-state index in [1.54, 1.807) is 11.8 Å². The average molecular weight is 531 g/mol. The summed E-state index contributed by atoms with van der Waals surface area (Å²) in [6, 6.07) is 10.8. The molecule has 1 atom stereocenters. The summed E-state index contributed by atoms with van der Waals surface area (Å²) < 4.78 is 2.14. The Kier molecular flexibility index (Phi) is 5.72. The number of imidazole rings is 1. The van der Waals surface area contributed by atoms with Crippen LogP contribution in [0.3, 0.4) is 0 Å². The van der Waals surface area contributed by atoms with Crippen LogP contribution in [-0.4, -0.2) is 32.4 Å². The summed E-state index contributed by atoms with van der Waals surface area (Å²) in [5, 5.41) is 0.766. The van der Waals surface area contributed by atoms with Crippen molar-refractivity contribution in [1.82, 2.24) is 19.4 Å². The predicted molar refractivity (Wildman–Crippen MR) is 148 cm³/mol. The van der Waals surface area contributed by atoms with Gasteiger partial charge >= 0.3 is 0 Å². The first kappa shape index (κ1) is 23.5. The maximum atomic E-state index is 6.82. The molecule has 4 heterocycles. The molecule has 1 aromatic carbocycles. The molecule has 1 unspecified atom stereocenters. The molecule has 6 nitrogen and oxygen atoms in total. The summed E-state index contributed by atoms with van der Waals surface area (Å²) in [4.78, 5) is 18.9. The molecule has 0 amide bonds. The minimum absolute atomic E-state index is 0.113. The minimum atomic E-state index is 0.113. The van der Waals surface area contributed by atoms with E-state index >= 15 is 0 Å². The number of halogens is 1. The fourth-order valence-corrected chi connectivity index (χ4v) is 7.54. The molecule has 0 bridgehead atoms. The number of aryl methyl sites for hydroxylation is 1. The number of benzene rings is 1. The van der Waals surface area contributed by atoms with E-state index in [1.165, 1.54) is 24.0 Å². The molecule has 3 aromatic heterocycles. The number of anilines is 1. The van der Waals surface area contributed by atoms with Crippen LogP contribution < -0.4 is 10.6 Å². The first-order valence-corrected chi connectivity index (χ1v) is 14.4. The van der Waals surface area contributed by atoms with Crippen molar-refractivity contribution < 1.29 is 0 Å². The van der Waals surface area contributed by atoms with Gasteiger partial charge < -0.3 is 10.6 Å². The smallest absolute Gasteiger partial charge is 0.211 e. The van der Waals surface area contributed by atoms with Crippen molar-refractivity contribution in [2.24, 2.45) is 17.1 Å². The number of pyridine rings is 1. The molecule has 1 aliphatic heterocycles. The second-order valence-corrected chi connectivity index (χ2v) is 12.4. The van der Waals surface area contributed by atoms with Crippen molar-refractivity contribution in [3.8, 4) is 0 Å². The van der Waals surface area contributed by atoms with Crippen molar-refractivity contribution in [3.05, 3.63) is 76.5 Å². The Morgan fingerprint density at radius 3 is 2.70 bits per heavy atom. The standard InChI is InChI=1S/C29H31ClN6S/c1-18-25(37-23-8-11-32-22(24(23)30)16-19-6-7-19)27-33-12-15-36(27)28(34-18)35-13-9-29(10-14-35)17-20-4-2-3-5-21(20)26(29)31/h2-5,8,11-12,15,19,26H,6-7,9-10,13-14,16-17,31H2,1H3. The third-order valence-electron chi connectivity index (χ3n) is 8.61. The number of nitrogens with two attached hydrogens (primary N) is 1. The summed E-state index contributed by atoms with van der Waals surface area (Å²) >= 11 is 8.46. The fraction of sp³-hybridized carbons (Fsp3) is 0.414. The SMILES string of the molecule is Cc1nc(N2CCC3(CC2)Cc2ccccc2C3N)n2ccnc2c1Sc1ccnc(CC2CC2)c1Cl. The highest BCUT2D eigenvalue weighted by atomic mass is 35.5. The van der Waals surface area contributed by atoms with Gasteiger partial charge in [-0.05, 0) is 74.0 Å². The molecule has 0 radical (unpaired) electrons. The van der Waals surface area contributed by atoms with Crippen LogP contribution >= 0.6 is 23.4 Å². The Labute approximate surface area is 226 Å². The third kappa shape index (κ3) is 4.03. The molecule has 2 fully saturated rings. The van der Waals surface area contributed by atoms with Crippen LogP contribution in [0.5, 0.6) is 0 Å². The number of fused-ring (bicyclic) bond motifs is 2. The van der Waals surface area contributed by atoms with Gasteiger partial charge in [-0.1, -0.05) is 47.6 Å². The average Bonchev–Trinajstić information content (AvgIpc) is 3.52. The highest BCUT2D eigenvalue weighted by Gasteiger charge is 2.46. The van der Waals surface area contributed by atoms with Crippen molar-refractivity contribution in [2.45, 2.75) is 61.3 Å². The van der Waals surface area contributed by atoms with Crippen LogP contribution in [0.25, 0.3) is 5.65 Å². The zero-order chi connectivity index (χ0) is 25.1. The maximum Gasteiger partial charge on any atom is 0.211 e. The van der Waals surface area contributed by atoms with Gasteiger partial charge in [0.2, 0.25) is 5.95 Å². The zero-order valence-corrected chi connectivity index (χ0v) is 22.6. The lowest BCUT2D eigenvalue weighted by atomic mass is 9.73. The Balaban J connectivity index is 1.15. The molecule has 1 spiro atoms. The summed E-state index contributed by atoms with van der Waals surface area (Å²) in [6.45, 7) is 3.96. The van der Waals surface area contributed by atoms with E-state index in [0.717, 1.165) is 82.5 Å². The zero-order valence-electron chi connectivity index (χ0n) is 21.0. The number of aromatic nitrogens is 4. The number of rotatable bonds is 5. The molecule has 190 valence electrons. The van der Waals surface area contributed by atoms with E-state index in [4.69, 9.17) is 27.3 Å². The number of hydrogen-bond acceptors (Lipinski definition) is 6. The predicted octanol–water partition coefficient (Wildman–Crippen LogP) is 6.03. The van der Waals surface area contributed by atoms with Crippen molar-refractivity contribution in [1.29, 1.82) is 0 Å². The summed E-state index contributed by atoms with van der Waals surface area (Å²) in [7, 11) is 0. The third-order valence-corrected chi connectivity index (χ3v) is 10.4. The molecule has 1 saturated heterocycles. The van der Waals surface area contributed by atoms with Gasteiger partial charge in [0, 0.05) is 42.6 Å². The lowest BCUT2D eigenvalue weighted by molar-refractivity contribution is 0.186. The van der Waals surface area contributed by atoms with Gasteiger partial charge in [0.25, 0.3) is 0 Å². The minimum Gasteiger partial charge on any atom is -0.342 e. The molecule has 3 aliphatic rings. The van der Waals surface area contributed by atoms with Gasteiger partial charge in [-0.2, -0.15) is 0 Å². The Morgan fingerprint density at radius 2 is 1.92 bits per heavy atom. The second kappa shape index (κ2) is 9.00. The molecule has 2 N–H and O–H groups in total. The molecule has 2 aliphatic carbocycles. The van der Waals surface area contributed by atoms with E-state index in [1.807, 2.05) is 24.7 Å². The van der Waals surface area contributed by atoms with Crippen LogP contribution in [0.1, 0.15) is 54.2 Å². The van der Waals surface area contributed by atoms with E-state index in [2.05, 4.69) is 45.5 Å². The normalized spacial score (nSPS) is 20.6. The quantitative estimate of drug-likeness (QED) is 0.339. The number of nitrogens with zero attached hydrogens (tertiary/aromatic N) is 5. The molecule has 1 saturated carbocycles. The van der Waals surface area contributed by atoms with Crippen LogP contribution in [-0.2, 0) is 12.8 Å². The first-order chi connectivity index (χ1) is 18.0. The van der Waals surface area contributed by atoms with Crippen LogP contribution in [0.15, 0.2) is 58.7 Å². The summed E-state index contributed by atoms with van der Waals surface area (Å²) in [5.74, 6) is 1.70. The van der Waals surface area contributed by atoms with Crippen molar-refractivity contribution in [3.63, 3.8) is 0 Å². The molecule has 4 aromatic rings. The van der Waals surface area contributed by atoms with Crippen LogP contribution in [0.2, 0.25) is 5.02 Å². The van der Waals surface area contributed by atoms with E-state index in [0.29, 0.717) is 0 Å². The molecular formula is C29H31ClN6S. The Bertz CT molecular complexity index is 1490. The van der Waals surface area contributed by atoms with E-state index in [-0.39, 0.29) is 11.5 Å². The number of piperidine rings is 1.